The normalized spacial score (nSPS) is 9.85. The number of amides is 1. The summed E-state index contributed by atoms with van der Waals surface area (Å²) in [5, 5.41) is 10.6. The number of amidine groups is 1. The van der Waals surface area contributed by atoms with Gasteiger partial charge in [0.2, 0.25) is 0 Å². The van der Waals surface area contributed by atoms with Crippen LogP contribution < -0.4 is 11.1 Å². The fourth-order valence-corrected chi connectivity index (χ4v) is 2.48. The van der Waals surface area contributed by atoms with Gasteiger partial charge < -0.3 is 16.0 Å². The highest BCUT2D eigenvalue weighted by atomic mass is 16.2. The molecule has 26 heavy (non-hydrogen) atoms. The Kier molecular flexibility index (Phi) is 6.03. The third kappa shape index (κ3) is 4.64. The Labute approximate surface area is 154 Å². The Morgan fingerprint density at radius 1 is 1.15 bits per heavy atom. The van der Waals surface area contributed by atoms with Crippen LogP contribution in [0.5, 0.6) is 0 Å². The van der Waals surface area contributed by atoms with Gasteiger partial charge in [-0.1, -0.05) is 11.8 Å². The van der Waals surface area contributed by atoms with Crippen molar-refractivity contribution in [2.75, 3.05) is 26.0 Å². The van der Waals surface area contributed by atoms with E-state index >= 15 is 0 Å². The first kappa shape index (κ1) is 19.1. The fourth-order valence-electron chi connectivity index (χ4n) is 2.48. The van der Waals surface area contributed by atoms with Crippen LogP contribution in [0, 0.1) is 31.1 Å². The lowest BCUT2D eigenvalue weighted by atomic mass is 9.99. The van der Waals surface area contributed by atoms with Crippen molar-refractivity contribution in [3.63, 3.8) is 0 Å². The first-order valence-corrected chi connectivity index (χ1v) is 8.29. The first-order chi connectivity index (χ1) is 12.3. The van der Waals surface area contributed by atoms with Gasteiger partial charge in [0, 0.05) is 36.5 Å². The largest absolute Gasteiger partial charge is 0.384 e. The van der Waals surface area contributed by atoms with E-state index in [1.807, 2.05) is 38.1 Å². The number of nitrogens with zero attached hydrogens (tertiary/aromatic N) is 1. The molecule has 0 bridgehead atoms. The van der Waals surface area contributed by atoms with Crippen molar-refractivity contribution in [1.82, 2.24) is 4.90 Å². The minimum Gasteiger partial charge on any atom is -0.384 e. The van der Waals surface area contributed by atoms with E-state index in [0.29, 0.717) is 17.7 Å². The summed E-state index contributed by atoms with van der Waals surface area (Å²) in [6.45, 7) is 4.39. The second-order valence-corrected chi connectivity index (χ2v) is 6.33. The van der Waals surface area contributed by atoms with E-state index in [9.17, 15) is 4.79 Å². The Hall–Kier alpha value is -3.26. The maximum atomic E-state index is 12.2. The second kappa shape index (κ2) is 8.21. The summed E-state index contributed by atoms with van der Waals surface area (Å²) in [4.78, 5) is 13.7. The highest BCUT2D eigenvalue weighted by molar-refractivity contribution is 5.96. The highest BCUT2D eigenvalue weighted by Gasteiger charge is 2.12. The molecule has 0 heterocycles. The van der Waals surface area contributed by atoms with E-state index in [2.05, 4.69) is 17.2 Å². The van der Waals surface area contributed by atoms with Gasteiger partial charge in [-0.3, -0.25) is 10.2 Å². The van der Waals surface area contributed by atoms with E-state index in [1.165, 1.54) is 0 Å². The quantitative estimate of drug-likeness (QED) is 0.451. The molecule has 0 atom stereocenters. The molecule has 5 heteroatoms. The number of nitrogen functional groups attached to an aromatic ring is 1. The van der Waals surface area contributed by atoms with Gasteiger partial charge in [0.05, 0.1) is 6.54 Å². The van der Waals surface area contributed by atoms with Crippen LogP contribution in [0.1, 0.15) is 32.6 Å². The molecule has 134 valence electrons. The molecule has 1 amide bonds. The number of aryl methyl sites for hydroxylation is 2. The van der Waals surface area contributed by atoms with Gasteiger partial charge in [0.1, 0.15) is 5.84 Å². The number of anilines is 1. The molecular formula is C21H24N4O. The number of benzene rings is 2. The summed E-state index contributed by atoms with van der Waals surface area (Å²) in [7, 11) is 3.50. The van der Waals surface area contributed by atoms with Crippen LogP contribution in [0.2, 0.25) is 0 Å². The van der Waals surface area contributed by atoms with Crippen LogP contribution in [0.4, 0.5) is 5.69 Å². The Bertz CT molecular complexity index is 887. The van der Waals surface area contributed by atoms with Crippen molar-refractivity contribution < 1.29 is 4.79 Å². The van der Waals surface area contributed by atoms with Crippen molar-refractivity contribution in [2.24, 2.45) is 5.73 Å². The van der Waals surface area contributed by atoms with E-state index < -0.39 is 0 Å². The third-order valence-electron chi connectivity index (χ3n) is 4.01. The lowest BCUT2D eigenvalue weighted by Crippen LogP contribution is -2.22. The molecule has 0 aliphatic heterocycles. The van der Waals surface area contributed by atoms with Crippen molar-refractivity contribution in [1.29, 1.82) is 5.41 Å². The lowest BCUT2D eigenvalue weighted by molar-refractivity contribution is 0.0827. The van der Waals surface area contributed by atoms with Crippen LogP contribution in [0.3, 0.4) is 0 Å². The lowest BCUT2D eigenvalue weighted by Gasteiger charge is -2.13. The van der Waals surface area contributed by atoms with Crippen LogP contribution in [-0.4, -0.2) is 37.3 Å². The highest BCUT2D eigenvalue weighted by Crippen LogP contribution is 2.17. The van der Waals surface area contributed by atoms with E-state index in [1.54, 1.807) is 31.1 Å². The topological polar surface area (TPSA) is 82.2 Å². The van der Waals surface area contributed by atoms with E-state index in [4.69, 9.17) is 11.1 Å². The zero-order valence-corrected chi connectivity index (χ0v) is 15.6. The Balaban J connectivity index is 2.06. The van der Waals surface area contributed by atoms with Gasteiger partial charge in [0.25, 0.3) is 5.91 Å². The van der Waals surface area contributed by atoms with E-state index in [-0.39, 0.29) is 11.7 Å². The van der Waals surface area contributed by atoms with Crippen LogP contribution in [-0.2, 0) is 0 Å². The zero-order chi connectivity index (χ0) is 19.3. The van der Waals surface area contributed by atoms with Crippen molar-refractivity contribution in [3.8, 4) is 11.8 Å². The number of nitrogens with one attached hydrogen (secondary N) is 2. The molecule has 0 unspecified atom stereocenters. The molecule has 2 rings (SSSR count). The SMILES string of the molecule is Cc1cc(C(=O)N(C)C)c(C)cc1C#CCNc1ccc(C(=N)N)cc1. The molecule has 0 fully saturated rings. The smallest absolute Gasteiger partial charge is 0.253 e. The summed E-state index contributed by atoms with van der Waals surface area (Å²) in [6, 6.07) is 11.2. The molecule has 0 saturated carbocycles. The molecule has 0 spiro atoms. The van der Waals surface area contributed by atoms with Gasteiger partial charge in [-0.05, 0) is 61.4 Å². The molecule has 2 aromatic carbocycles. The van der Waals surface area contributed by atoms with Gasteiger partial charge in [-0.25, -0.2) is 0 Å². The molecule has 0 radical (unpaired) electrons. The Morgan fingerprint density at radius 2 is 1.81 bits per heavy atom. The van der Waals surface area contributed by atoms with Crippen LogP contribution >= 0.6 is 0 Å². The van der Waals surface area contributed by atoms with Crippen molar-refractivity contribution in [3.05, 3.63) is 64.2 Å². The molecular weight excluding hydrogens is 324 g/mol. The van der Waals surface area contributed by atoms with Crippen LogP contribution in [0.25, 0.3) is 0 Å². The number of hydrogen-bond donors (Lipinski definition) is 3. The predicted octanol–water partition coefficient (Wildman–Crippen LogP) is 2.75. The van der Waals surface area contributed by atoms with Gasteiger partial charge >= 0.3 is 0 Å². The number of carbonyl (C=O) groups excluding carboxylic acids is 1. The maximum absolute atomic E-state index is 12.2. The number of carbonyl (C=O) groups is 1. The summed E-state index contributed by atoms with van der Waals surface area (Å²) < 4.78 is 0. The molecule has 4 N–H and O–H groups in total. The average Bonchev–Trinajstić information content (AvgIpc) is 2.60. The summed E-state index contributed by atoms with van der Waals surface area (Å²) in [5.74, 6) is 6.32. The first-order valence-electron chi connectivity index (χ1n) is 8.29. The number of rotatable bonds is 4. The molecule has 0 aromatic heterocycles. The molecule has 0 saturated heterocycles. The monoisotopic (exact) mass is 348 g/mol. The zero-order valence-electron chi connectivity index (χ0n) is 15.6. The maximum Gasteiger partial charge on any atom is 0.253 e. The molecule has 0 aliphatic carbocycles. The molecule has 5 nitrogen and oxygen atoms in total. The number of hydrogen-bond acceptors (Lipinski definition) is 3. The summed E-state index contributed by atoms with van der Waals surface area (Å²) in [6.07, 6.45) is 0. The van der Waals surface area contributed by atoms with Crippen molar-refractivity contribution in [2.45, 2.75) is 13.8 Å². The fraction of sp³-hybridized carbons (Fsp3) is 0.238. The average molecular weight is 348 g/mol. The predicted molar refractivity (Wildman–Crippen MR) is 107 cm³/mol. The third-order valence-corrected chi connectivity index (χ3v) is 4.01. The van der Waals surface area contributed by atoms with Gasteiger partial charge in [-0.2, -0.15) is 0 Å². The second-order valence-electron chi connectivity index (χ2n) is 6.33. The minimum absolute atomic E-state index is 0.000726. The van der Waals surface area contributed by atoms with E-state index in [0.717, 1.165) is 22.4 Å². The molecule has 2 aromatic rings. The minimum atomic E-state index is 0.000726. The van der Waals surface area contributed by atoms with Gasteiger partial charge in [0.15, 0.2) is 0 Å². The van der Waals surface area contributed by atoms with Gasteiger partial charge in [-0.15, -0.1) is 0 Å². The Morgan fingerprint density at radius 3 is 2.38 bits per heavy atom. The molecule has 0 aliphatic rings. The van der Waals surface area contributed by atoms with Crippen molar-refractivity contribution >= 4 is 17.4 Å². The number of nitrogens with two attached hydrogens (primary N) is 1. The van der Waals surface area contributed by atoms with Crippen LogP contribution in [0.15, 0.2) is 36.4 Å². The standard InChI is InChI=1S/C21H24N4O/c1-14-13-19(21(26)25(3)4)15(2)12-17(14)6-5-11-24-18-9-7-16(8-10-18)20(22)23/h7-10,12-13,24H,11H2,1-4H3,(H3,22,23). The summed E-state index contributed by atoms with van der Waals surface area (Å²) in [5.41, 5.74) is 10.6. The summed E-state index contributed by atoms with van der Waals surface area (Å²) >= 11 is 0.